The van der Waals surface area contributed by atoms with Gasteiger partial charge in [-0.2, -0.15) is 0 Å². The van der Waals surface area contributed by atoms with Gasteiger partial charge >= 0.3 is 0 Å². The number of azide groups is 1. The summed E-state index contributed by atoms with van der Waals surface area (Å²) in [4.78, 5) is 12.8. The lowest BCUT2D eigenvalue weighted by atomic mass is 10.1. The molecule has 0 aliphatic rings. The van der Waals surface area contributed by atoms with E-state index in [-0.39, 0.29) is 17.1 Å². The Kier molecular flexibility index (Phi) is 5.68. The lowest BCUT2D eigenvalue weighted by molar-refractivity contribution is -0.114. The topological polar surface area (TPSA) is 124 Å². The highest BCUT2D eigenvalue weighted by Crippen LogP contribution is 2.33. The van der Waals surface area contributed by atoms with Crippen LogP contribution in [0.15, 0.2) is 17.2 Å². The number of hydrogen-bond donors (Lipinski definition) is 2. The monoisotopic (exact) mass is 351 g/mol. The molecule has 1 aromatic rings. The van der Waals surface area contributed by atoms with Gasteiger partial charge in [-0.1, -0.05) is 28.3 Å². The van der Waals surface area contributed by atoms with Gasteiger partial charge in [-0.25, -0.2) is 8.42 Å². The number of carbonyl (C=O) groups is 1. The molecule has 1 rings (SSSR count). The van der Waals surface area contributed by atoms with E-state index in [0.29, 0.717) is 5.56 Å². The maximum absolute atomic E-state index is 11.4. The Morgan fingerprint density at radius 1 is 1.43 bits per heavy atom. The maximum atomic E-state index is 11.4. The molecular formula is C10H11Cl2N5O3S. The number of nitrogens with one attached hydrogen (secondary N) is 2. The van der Waals surface area contributed by atoms with Crippen molar-refractivity contribution in [1.82, 2.24) is 0 Å². The SMILES string of the molecule is Cc1cc(NC(=O)C(Cl)Cl)cc(N=[N+]=[N-])c1NS(C)(=O)=O. The summed E-state index contributed by atoms with van der Waals surface area (Å²) in [6, 6.07) is 2.78. The second kappa shape index (κ2) is 6.86. The zero-order valence-electron chi connectivity index (χ0n) is 11.0. The van der Waals surface area contributed by atoms with Crippen LogP contribution in [0.25, 0.3) is 10.4 Å². The number of amides is 1. The fourth-order valence-corrected chi connectivity index (χ4v) is 2.23. The maximum Gasteiger partial charge on any atom is 0.257 e. The van der Waals surface area contributed by atoms with E-state index >= 15 is 0 Å². The third-order valence-electron chi connectivity index (χ3n) is 2.22. The average molecular weight is 352 g/mol. The molecule has 0 heterocycles. The number of rotatable bonds is 5. The molecule has 1 amide bonds. The van der Waals surface area contributed by atoms with E-state index in [4.69, 9.17) is 28.7 Å². The quantitative estimate of drug-likeness (QED) is 0.366. The molecule has 0 unspecified atom stereocenters. The minimum atomic E-state index is -3.55. The van der Waals surface area contributed by atoms with Gasteiger partial charge in [0.25, 0.3) is 5.91 Å². The molecule has 11 heteroatoms. The molecule has 0 radical (unpaired) electrons. The Balaban J connectivity index is 3.30. The lowest BCUT2D eigenvalue weighted by Gasteiger charge is -2.14. The van der Waals surface area contributed by atoms with Crippen LogP contribution in [0.1, 0.15) is 5.56 Å². The van der Waals surface area contributed by atoms with Crippen molar-refractivity contribution in [3.05, 3.63) is 28.1 Å². The Hall–Kier alpha value is -1.67. The van der Waals surface area contributed by atoms with Gasteiger partial charge in [-0.05, 0) is 30.2 Å². The summed E-state index contributed by atoms with van der Waals surface area (Å²) in [6.07, 6.45) is 0.966. The summed E-state index contributed by atoms with van der Waals surface area (Å²) < 4.78 is 24.9. The Morgan fingerprint density at radius 2 is 2.05 bits per heavy atom. The van der Waals surface area contributed by atoms with Crippen molar-refractivity contribution in [2.75, 3.05) is 16.3 Å². The van der Waals surface area contributed by atoms with Crippen molar-refractivity contribution in [3.8, 4) is 0 Å². The van der Waals surface area contributed by atoms with E-state index in [0.717, 1.165) is 6.26 Å². The van der Waals surface area contributed by atoms with Gasteiger partial charge in [-0.15, -0.1) is 0 Å². The minimum Gasteiger partial charge on any atom is -0.324 e. The highest BCUT2D eigenvalue weighted by Gasteiger charge is 2.15. The fraction of sp³-hybridized carbons (Fsp3) is 0.300. The Bertz CT molecular complexity index is 714. The smallest absolute Gasteiger partial charge is 0.257 e. The molecule has 8 nitrogen and oxygen atoms in total. The van der Waals surface area contributed by atoms with Gasteiger partial charge in [0.15, 0.2) is 4.84 Å². The zero-order valence-corrected chi connectivity index (χ0v) is 13.3. The van der Waals surface area contributed by atoms with Gasteiger partial charge in [-0.3, -0.25) is 9.52 Å². The predicted octanol–water partition coefficient (Wildman–Crippen LogP) is 3.05. The molecule has 21 heavy (non-hydrogen) atoms. The number of aryl methyl sites for hydroxylation is 1. The molecule has 0 aromatic heterocycles. The minimum absolute atomic E-state index is 0.0129. The van der Waals surface area contributed by atoms with Crippen molar-refractivity contribution in [3.63, 3.8) is 0 Å². The van der Waals surface area contributed by atoms with E-state index in [1.165, 1.54) is 12.1 Å². The molecule has 0 bridgehead atoms. The summed E-state index contributed by atoms with van der Waals surface area (Å²) in [7, 11) is -3.55. The first kappa shape index (κ1) is 17.4. The molecule has 0 spiro atoms. The van der Waals surface area contributed by atoms with Crippen LogP contribution in [0.4, 0.5) is 17.1 Å². The first-order valence-electron chi connectivity index (χ1n) is 5.40. The van der Waals surface area contributed by atoms with Gasteiger partial charge in [0, 0.05) is 10.6 Å². The van der Waals surface area contributed by atoms with Crippen molar-refractivity contribution >= 4 is 56.2 Å². The zero-order chi connectivity index (χ0) is 16.2. The summed E-state index contributed by atoms with van der Waals surface area (Å²) in [5.41, 5.74) is 9.40. The van der Waals surface area contributed by atoms with Gasteiger partial charge in [0.2, 0.25) is 10.0 Å². The number of halogens is 2. The average Bonchev–Trinajstić information content (AvgIpc) is 2.32. The summed E-state index contributed by atoms with van der Waals surface area (Å²) >= 11 is 10.8. The van der Waals surface area contributed by atoms with Gasteiger partial charge in [0.1, 0.15) is 0 Å². The number of sulfonamides is 1. The number of alkyl halides is 2. The van der Waals surface area contributed by atoms with E-state index in [2.05, 4.69) is 20.1 Å². The molecule has 0 aliphatic carbocycles. The van der Waals surface area contributed by atoms with Gasteiger partial charge in [0.05, 0.1) is 17.6 Å². The molecule has 0 aliphatic heterocycles. The lowest BCUT2D eigenvalue weighted by Crippen LogP contribution is -2.18. The normalized spacial score (nSPS) is 10.9. The molecule has 114 valence electrons. The van der Waals surface area contributed by atoms with Crippen LogP contribution in [-0.2, 0) is 14.8 Å². The van der Waals surface area contributed by atoms with Crippen LogP contribution in [0.2, 0.25) is 0 Å². The third-order valence-corrected chi connectivity index (χ3v) is 3.19. The van der Waals surface area contributed by atoms with Crippen LogP contribution in [0.5, 0.6) is 0 Å². The second-order valence-corrected chi connectivity index (χ2v) is 6.89. The van der Waals surface area contributed by atoms with Crippen LogP contribution >= 0.6 is 23.2 Å². The van der Waals surface area contributed by atoms with Crippen LogP contribution < -0.4 is 10.0 Å². The first-order valence-corrected chi connectivity index (χ1v) is 8.17. The fourth-order valence-electron chi connectivity index (χ4n) is 1.48. The number of nitrogens with zero attached hydrogens (tertiary/aromatic N) is 3. The van der Waals surface area contributed by atoms with E-state index in [1.807, 2.05) is 0 Å². The highest BCUT2D eigenvalue weighted by atomic mass is 35.5. The molecule has 0 fully saturated rings. The molecule has 0 atom stereocenters. The molecule has 1 aromatic carbocycles. The highest BCUT2D eigenvalue weighted by molar-refractivity contribution is 7.92. The largest absolute Gasteiger partial charge is 0.324 e. The molecule has 0 saturated carbocycles. The van der Waals surface area contributed by atoms with Crippen LogP contribution in [0.3, 0.4) is 0 Å². The summed E-state index contributed by atoms with van der Waals surface area (Å²) in [6.45, 7) is 1.58. The van der Waals surface area contributed by atoms with Gasteiger partial charge < -0.3 is 5.32 Å². The van der Waals surface area contributed by atoms with Crippen LogP contribution in [-0.4, -0.2) is 25.4 Å². The van der Waals surface area contributed by atoms with Crippen LogP contribution in [0, 0.1) is 6.92 Å². The number of anilines is 2. The standard InChI is InChI=1S/C10H11Cl2N5O3S/c1-5-3-6(14-10(18)9(11)12)4-7(15-17-13)8(5)16-21(2,19)20/h3-4,9,16H,1-2H3,(H,14,18). The Morgan fingerprint density at radius 3 is 2.52 bits per heavy atom. The molecular weight excluding hydrogens is 341 g/mol. The predicted molar refractivity (Wildman–Crippen MR) is 82.6 cm³/mol. The van der Waals surface area contributed by atoms with Crippen molar-refractivity contribution in [1.29, 1.82) is 0 Å². The third kappa shape index (κ3) is 5.31. The Labute approximate surface area is 131 Å². The number of carbonyl (C=O) groups excluding carboxylic acids is 1. The van der Waals surface area contributed by atoms with E-state index in [1.54, 1.807) is 6.92 Å². The van der Waals surface area contributed by atoms with E-state index < -0.39 is 20.8 Å². The van der Waals surface area contributed by atoms with Crippen molar-refractivity contribution in [2.24, 2.45) is 5.11 Å². The molecule has 0 saturated heterocycles. The van der Waals surface area contributed by atoms with E-state index in [9.17, 15) is 13.2 Å². The molecule has 2 N–H and O–H groups in total. The number of hydrogen-bond acceptors (Lipinski definition) is 4. The van der Waals surface area contributed by atoms with Crippen molar-refractivity contribution in [2.45, 2.75) is 11.8 Å². The second-order valence-electron chi connectivity index (χ2n) is 4.04. The summed E-state index contributed by atoms with van der Waals surface area (Å²) in [5.74, 6) is -0.659. The summed E-state index contributed by atoms with van der Waals surface area (Å²) in [5, 5.41) is 5.81. The number of benzene rings is 1. The van der Waals surface area contributed by atoms with Crippen molar-refractivity contribution < 1.29 is 13.2 Å². The first-order chi connectivity index (χ1) is 9.64.